The molecule has 0 bridgehead atoms. The van der Waals surface area contributed by atoms with E-state index < -0.39 is 5.97 Å². The molecule has 2 N–H and O–H groups in total. The topological polar surface area (TPSA) is 74.6 Å². The first-order chi connectivity index (χ1) is 11.6. The maximum Gasteiger partial charge on any atom is 0.303 e. The van der Waals surface area contributed by atoms with Gasteiger partial charge in [0.05, 0.1) is 0 Å². The molecule has 1 aliphatic rings. The van der Waals surface area contributed by atoms with E-state index in [1.807, 2.05) is 0 Å². The molecule has 4 heteroatoms. The maximum atomic E-state index is 12.1. The van der Waals surface area contributed by atoms with E-state index in [9.17, 15) is 9.59 Å². The highest BCUT2D eigenvalue weighted by Crippen LogP contribution is 2.34. The van der Waals surface area contributed by atoms with Gasteiger partial charge in [-0.25, -0.2) is 0 Å². The number of aliphatic carboxylic acids is 1. The Morgan fingerprint density at radius 3 is 2.50 bits per heavy atom. The Hall–Kier alpha value is -1.16. The van der Waals surface area contributed by atoms with Crippen LogP contribution in [0.1, 0.15) is 83.5 Å². The first-order valence-corrected chi connectivity index (χ1v) is 9.67. The van der Waals surface area contributed by atoms with E-state index >= 15 is 0 Å². The third-order valence-corrected chi connectivity index (χ3v) is 4.97. The van der Waals surface area contributed by atoms with Crippen LogP contribution in [0.3, 0.4) is 0 Å². The Morgan fingerprint density at radius 1 is 1.04 bits per heavy atom. The van der Waals surface area contributed by atoms with Gasteiger partial charge in [-0.15, -0.1) is 0 Å². The van der Waals surface area contributed by atoms with Crippen molar-refractivity contribution in [2.75, 3.05) is 6.61 Å². The van der Waals surface area contributed by atoms with Crippen LogP contribution in [-0.2, 0) is 9.59 Å². The number of hydrogen-bond acceptors (Lipinski definition) is 3. The highest BCUT2D eigenvalue weighted by Gasteiger charge is 2.31. The van der Waals surface area contributed by atoms with Crippen LogP contribution in [0.5, 0.6) is 0 Å². The molecular weight excluding hydrogens is 304 g/mol. The monoisotopic (exact) mass is 338 g/mol. The summed E-state index contributed by atoms with van der Waals surface area (Å²) in [6.45, 7) is 0.290. The van der Waals surface area contributed by atoms with Crippen molar-refractivity contribution in [1.29, 1.82) is 0 Å². The zero-order valence-electron chi connectivity index (χ0n) is 14.9. The lowest BCUT2D eigenvalue weighted by atomic mass is 9.89. The van der Waals surface area contributed by atoms with Crippen LogP contribution in [0, 0.1) is 11.8 Å². The largest absolute Gasteiger partial charge is 0.481 e. The molecule has 138 valence electrons. The fraction of sp³-hybridized carbons (Fsp3) is 0.800. The lowest BCUT2D eigenvalue weighted by Crippen LogP contribution is -2.13. The molecule has 0 aliphatic heterocycles. The van der Waals surface area contributed by atoms with Crippen LogP contribution in [-0.4, -0.2) is 28.6 Å². The summed E-state index contributed by atoms with van der Waals surface area (Å²) in [5.74, 6) is 0.296. The molecule has 0 amide bonds. The average molecular weight is 338 g/mol. The number of carboxylic acids is 1. The Kier molecular flexibility index (Phi) is 11.5. The van der Waals surface area contributed by atoms with Gasteiger partial charge in [-0.1, -0.05) is 44.3 Å². The molecule has 1 fully saturated rings. The molecule has 1 saturated carbocycles. The van der Waals surface area contributed by atoms with Gasteiger partial charge in [-0.05, 0) is 44.4 Å². The van der Waals surface area contributed by atoms with Crippen molar-refractivity contribution >= 4 is 11.8 Å². The Morgan fingerprint density at radius 2 is 1.75 bits per heavy atom. The number of rotatable bonds is 14. The summed E-state index contributed by atoms with van der Waals surface area (Å²) < 4.78 is 0. The Labute approximate surface area is 146 Å². The maximum absolute atomic E-state index is 12.1. The van der Waals surface area contributed by atoms with Crippen LogP contribution in [0.4, 0.5) is 0 Å². The van der Waals surface area contributed by atoms with Crippen molar-refractivity contribution in [2.45, 2.75) is 83.5 Å². The third kappa shape index (κ3) is 9.21. The smallest absolute Gasteiger partial charge is 0.303 e. The van der Waals surface area contributed by atoms with Gasteiger partial charge >= 0.3 is 5.97 Å². The fourth-order valence-electron chi connectivity index (χ4n) is 3.53. The van der Waals surface area contributed by atoms with Crippen LogP contribution in [0.15, 0.2) is 12.2 Å². The molecule has 0 aromatic heterocycles. The lowest BCUT2D eigenvalue weighted by Gasteiger charge is -2.14. The summed E-state index contributed by atoms with van der Waals surface area (Å²) in [5, 5.41) is 17.3. The van der Waals surface area contributed by atoms with Crippen molar-refractivity contribution in [1.82, 2.24) is 0 Å². The molecule has 4 nitrogen and oxygen atoms in total. The standard InChI is InChI=1S/C20H34O4/c21-16-10-6-2-1-3-7-11-17-14-15-19(22)18(17)12-8-4-5-9-13-20(23)24/h7,11,17-18,21H,1-6,8-10,12-16H2,(H,23,24)/b11-7+/t17-,18+/m1/s1. The predicted molar refractivity (Wildman–Crippen MR) is 95.9 cm³/mol. The highest BCUT2D eigenvalue weighted by atomic mass is 16.4. The van der Waals surface area contributed by atoms with Crippen molar-refractivity contribution in [3.63, 3.8) is 0 Å². The van der Waals surface area contributed by atoms with Crippen LogP contribution in [0.2, 0.25) is 0 Å². The molecule has 2 atom stereocenters. The number of Topliss-reactive ketones (excluding diaryl/α,β-unsaturated/α-hetero) is 1. The average Bonchev–Trinajstić information content (AvgIpc) is 2.90. The van der Waals surface area contributed by atoms with Crippen molar-refractivity contribution < 1.29 is 19.8 Å². The number of carbonyl (C=O) groups is 2. The first kappa shape index (κ1) is 20.9. The molecule has 0 aromatic rings. The van der Waals surface area contributed by atoms with E-state index in [0.29, 0.717) is 11.7 Å². The molecule has 1 rings (SSSR count). The molecule has 0 heterocycles. The molecule has 0 radical (unpaired) electrons. The number of ketones is 1. The Balaban J connectivity index is 2.17. The molecule has 24 heavy (non-hydrogen) atoms. The summed E-state index contributed by atoms with van der Waals surface area (Å²) in [5.41, 5.74) is 0. The number of unbranched alkanes of at least 4 members (excludes halogenated alkanes) is 7. The number of aliphatic hydroxyl groups excluding tert-OH is 1. The zero-order valence-corrected chi connectivity index (χ0v) is 14.9. The quantitative estimate of drug-likeness (QED) is 0.361. The van der Waals surface area contributed by atoms with Gasteiger partial charge in [0.2, 0.25) is 0 Å². The van der Waals surface area contributed by atoms with E-state index in [-0.39, 0.29) is 18.9 Å². The fourth-order valence-corrected chi connectivity index (χ4v) is 3.53. The summed E-state index contributed by atoms with van der Waals surface area (Å²) in [6.07, 6.45) is 16.5. The summed E-state index contributed by atoms with van der Waals surface area (Å²) in [6, 6.07) is 0. The minimum atomic E-state index is -0.720. The molecule has 0 aromatic carbocycles. The summed E-state index contributed by atoms with van der Waals surface area (Å²) >= 11 is 0. The Bertz CT molecular complexity index is 389. The first-order valence-electron chi connectivity index (χ1n) is 9.67. The predicted octanol–water partition coefficient (Wildman–Crippen LogP) is 4.51. The number of carboxylic acid groups (broad SMARTS) is 1. The number of allylic oxidation sites excluding steroid dienone is 2. The van der Waals surface area contributed by atoms with E-state index in [2.05, 4.69) is 12.2 Å². The van der Waals surface area contributed by atoms with E-state index in [1.54, 1.807) is 0 Å². The molecule has 0 spiro atoms. The second-order valence-corrected chi connectivity index (χ2v) is 6.98. The minimum Gasteiger partial charge on any atom is -0.481 e. The van der Waals surface area contributed by atoms with Gasteiger partial charge in [-0.2, -0.15) is 0 Å². The number of hydrogen-bond donors (Lipinski definition) is 2. The number of aliphatic hydroxyl groups is 1. The van der Waals surface area contributed by atoms with E-state index in [0.717, 1.165) is 77.0 Å². The van der Waals surface area contributed by atoms with Crippen LogP contribution in [0.25, 0.3) is 0 Å². The molecule has 0 saturated heterocycles. The summed E-state index contributed by atoms with van der Waals surface area (Å²) in [4.78, 5) is 22.5. The summed E-state index contributed by atoms with van der Waals surface area (Å²) in [7, 11) is 0. The van der Waals surface area contributed by atoms with Gasteiger partial charge in [0.15, 0.2) is 0 Å². The highest BCUT2D eigenvalue weighted by molar-refractivity contribution is 5.83. The van der Waals surface area contributed by atoms with Crippen molar-refractivity contribution in [2.24, 2.45) is 11.8 Å². The molecule has 0 unspecified atom stereocenters. The van der Waals surface area contributed by atoms with Crippen molar-refractivity contribution in [3.05, 3.63) is 12.2 Å². The van der Waals surface area contributed by atoms with Crippen LogP contribution < -0.4 is 0 Å². The third-order valence-electron chi connectivity index (χ3n) is 4.97. The SMILES string of the molecule is O=C(O)CCCCCC[C@@H]1C(=O)CC[C@H]1/C=C/CCCCCCO. The van der Waals surface area contributed by atoms with Gasteiger partial charge in [0.25, 0.3) is 0 Å². The van der Waals surface area contributed by atoms with Gasteiger partial charge < -0.3 is 10.2 Å². The van der Waals surface area contributed by atoms with E-state index in [1.165, 1.54) is 0 Å². The normalized spacial score (nSPS) is 21.0. The van der Waals surface area contributed by atoms with Crippen molar-refractivity contribution in [3.8, 4) is 0 Å². The van der Waals surface area contributed by atoms with E-state index in [4.69, 9.17) is 10.2 Å². The number of carbonyl (C=O) groups excluding carboxylic acids is 1. The van der Waals surface area contributed by atoms with Gasteiger partial charge in [-0.3, -0.25) is 9.59 Å². The molecular formula is C20H34O4. The minimum absolute atomic E-state index is 0.190. The van der Waals surface area contributed by atoms with Gasteiger partial charge in [0.1, 0.15) is 5.78 Å². The van der Waals surface area contributed by atoms with Crippen LogP contribution >= 0.6 is 0 Å². The second-order valence-electron chi connectivity index (χ2n) is 6.98. The zero-order chi connectivity index (χ0) is 17.6. The second kappa shape index (κ2) is 13.2. The lowest BCUT2D eigenvalue weighted by molar-refractivity contribution is -0.137. The molecule has 1 aliphatic carbocycles. The van der Waals surface area contributed by atoms with Gasteiger partial charge in [0, 0.05) is 25.4 Å².